The van der Waals surface area contributed by atoms with Gasteiger partial charge in [0, 0.05) is 37.3 Å². The first-order valence-corrected chi connectivity index (χ1v) is 11.5. The van der Waals surface area contributed by atoms with Crippen LogP contribution in [0.25, 0.3) is 15.9 Å². The lowest BCUT2D eigenvalue weighted by molar-refractivity contribution is 0.0751. The van der Waals surface area contributed by atoms with Gasteiger partial charge in [0.05, 0.1) is 16.3 Å². The molecule has 6 heteroatoms. The highest BCUT2D eigenvalue weighted by molar-refractivity contribution is 7.20. The number of carbonyl (C=O) groups is 1. The SMILES string of the molecule is Cc1cccc(N2CCN(C(=O)c3cc4c(C)nn(-c5ccccc5)c4s3)CC2)c1C. The van der Waals surface area contributed by atoms with Crippen molar-refractivity contribution in [2.24, 2.45) is 0 Å². The summed E-state index contributed by atoms with van der Waals surface area (Å²) in [5.41, 5.74) is 5.89. The van der Waals surface area contributed by atoms with Crippen LogP contribution in [0, 0.1) is 20.8 Å². The number of anilines is 1. The molecule has 4 aromatic rings. The first-order valence-electron chi connectivity index (χ1n) is 10.7. The summed E-state index contributed by atoms with van der Waals surface area (Å²) >= 11 is 1.54. The number of thiophene rings is 1. The molecule has 0 unspecified atom stereocenters. The number of nitrogens with zero attached hydrogens (tertiary/aromatic N) is 4. The van der Waals surface area contributed by atoms with Crippen LogP contribution in [0.1, 0.15) is 26.5 Å². The molecule has 2 aromatic carbocycles. The molecule has 1 aliphatic rings. The molecule has 2 aromatic heterocycles. The average Bonchev–Trinajstić information content (AvgIpc) is 3.36. The number of hydrogen-bond donors (Lipinski definition) is 0. The van der Waals surface area contributed by atoms with Crippen LogP contribution in [0.4, 0.5) is 5.69 Å². The van der Waals surface area contributed by atoms with Crippen LogP contribution in [0.2, 0.25) is 0 Å². The summed E-state index contributed by atoms with van der Waals surface area (Å²) in [6, 6.07) is 18.6. The van der Waals surface area contributed by atoms with E-state index in [0.29, 0.717) is 0 Å². The number of fused-ring (bicyclic) bond motifs is 1. The van der Waals surface area contributed by atoms with Crippen LogP contribution >= 0.6 is 11.3 Å². The molecule has 3 heterocycles. The number of amides is 1. The number of aryl methyl sites for hydroxylation is 2. The number of aromatic nitrogens is 2. The minimum Gasteiger partial charge on any atom is -0.368 e. The Morgan fingerprint density at radius 1 is 0.935 bits per heavy atom. The number of carbonyl (C=O) groups excluding carboxylic acids is 1. The van der Waals surface area contributed by atoms with E-state index in [1.54, 1.807) is 0 Å². The molecule has 0 radical (unpaired) electrons. The molecule has 1 saturated heterocycles. The van der Waals surface area contributed by atoms with Gasteiger partial charge >= 0.3 is 0 Å². The average molecular weight is 431 g/mol. The number of para-hydroxylation sites is 1. The van der Waals surface area contributed by atoms with E-state index in [1.807, 2.05) is 52.9 Å². The second kappa shape index (κ2) is 7.85. The Morgan fingerprint density at radius 2 is 1.68 bits per heavy atom. The zero-order valence-electron chi connectivity index (χ0n) is 18.1. The predicted octanol–water partition coefficient (Wildman–Crippen LogP) is 4.97. The Labute approximate surface area is 186 Å². The van der Waals surface area contributed by atoms with Crippen molar-refractivity contribution in [3.8, 4) is 5.69 Å². The molecule has 0 saturated carbocycles. The highest BCUT2D eigenvalue weighted by atomic mass is 32.1. The second-order valence-corrected chi connectivity index (χ2v) is 9.19. The molecule has 5 rings (SSSR count). The van der Waals surface area contributed by atoms with Crippen LogP contribution in [0.3, 0.4) is 0 Å². The molecular weight excluding hydrogens is 404 g/mol. The first-order chi connectivity index (χ1) is 15.0. The molecule has 0 aliphatic carbocycles. The van der Waals surface area contributed by atoms with Crippen LogP contribution < -0.4 is 4.90 Å². The van der Waals surface area contributed by atoms with E-state index in [4.69, 9.17) is 0 Å². The van der Waals surface area contributed by atoms with Gasteiger partial charge < -0.3 is 9.80 Å². The molecule has 0 N–H and O–H groups in total. The Morgan fingerprint density at radius 3 is 2.42 bits per heavy atom. The third kappa shape index (κ3) is 3.51. The van der Waals surface area contributed by atoms with E-state index < -0.39 is 0 Å². The van der Waals surface area contributed by atoms with Crippen molar-refractivity contribution < 1.29 is 4.79 Å². The summed E-state index contributed by atoms with van der Waals surface area (Å²) in [5.74, 6) is 0.126. The zero-order chi connectivity index (χ0) is 21.5. The van der Waals surface area contributed by atoms with E-state index in [-0.39, 0.29) is 5.91 Å². The lowest BCUT2D eigenvalue weighted by Crippen LogP contribution is -2.48. The van der Waals surface area contributed by atoms with Crippen molar-refractivity contribution in [1.29, 1.82) is 0 Å². The van der Waals surface area contributed by atoms with Crippen molar-refractivity contribution in [2.75, 3.05) is 31.1 Å². The minimum absolute atomic E-state index is 0.126. The maximum absolute atomic E-state index is 13.3. The minimum atomic E-state index is 0.126. The van der Waals surface area contributed by atoms with Crippen molar-refractivity contribution >= 4 is 33.1 Å². The van der Waals surface area contributed by atoms with Gasteiger partial charge in [0.25, 0.3) is 5.91 Å². The van der Waals surface area contributed by atoms with Gasteiger partial charge in [-0.15, -0.1) is 11.3 Å². The molecule has 1 aliphatic heterocycles. The molecule has 1 fully saturated rings. The highest BCUT2D eigenvalue weighted by Crippen LogP contribution is 2.31. The summed E-state index contributed by atoms with van der Waals surface area (Å²) in [6.07, 6.45) is 0. The van der Waals surface area contributed by atoms with Crippen molar-refractivity contribution in [3.05, 3.63) is 76.3 Å². The molecule has 0 atom stereocenters. The van der Waals surface area contributed by atoms with Crippen molar-refractivity contribution in [1.82, 2.24) is 14.7 Å². The third-order valence-electron chi connectivity index (χ3n) is 6.24. The van der Waals surface area contributed by atoms with E-state index >= 15 is 0 Å². The summed E-state index contributed by atoms with van der Waals surface area (Å²) in [6.45, 7) is 9.53. The fourth-order valence-corrected chi connectivity index (χ4v) is 5.43. The van der Waals surface area contributed by atoms with E-state index in [2.05, 4.69) is 42.0 Å². The molecular formula is C25H26N4OS. The van der Waals surface area contributed by atoms with Gasteiger partial charge in [-0.25, -0.2) is 4.68 Å². The van der Waals surface area contributed by atoms with Crippen LogP contribution in [-0.4, -0.2) is 46.8 Å². The van der Waals surface area contributed by atoms with E-state index in [0.717, 1.165) is 52.7 Å². The summed E-state index contributed by atoms with van der Waals surface area (Å²) in [4.78, 5) is 19.5. The number of benzene rings is 2. The van der Waals surface area contributed by atoms with Gasteiger partial charge in [-0.3, -0.25) is 4.79 Å². The summed E-state index contributed by atoms with van der Waals surface area (Å²) in [7, 11) is 0. The topological polar surface area (TPSA) is 41.4 Å². The third-order valence-corrected chi connectivity index (χ3v) is 7.34. The monoisotopic (exact) mass is 430 g/mol. The maximum Gasteiger partial charge on any atom is 0.264 e. The van der Waals surface area contributed by atoms with Crippen molar-refractivity contribution in [3.63, 3.8) is 0 Å². The molecule has 0 spiro atoms. The van der Waals surface area contributed by atoms with E-state index in [1.165, 1.54) is 28.2 Å². The molecule has 31 heavy (non-hydrogen) atoms. The summed E-state index contributed by atoms with van der Waals surface area (Å²) in [5, 5.41) is 5.75. The fourth-order valence-electron chi connectivity index (χ4n) is 4.28. The second-order valence-electron chi connectivity index (χ2n) is 8.16. The Balaban J connectivity index is 1.36. The van der Waals surface area contributed by atoms with Crippen LogP contribution in [0.15, 0.2) is 54.6 Å². The Hall–Kier alpha value is -3.12. The Kier molecular flexibility index (Phi) is 5.02. The maximum atomic E-state index is 13.3. The largest absolute Gasteiger partial charge is 0.368 e. The number of piperazine rings is 1. The standard InChI is InChI=1S/C25H26N4OS/c1-17-8-7-11-22(18(17)2)27-12-14-28(15-13-27)24(30)23-16-21-19(3)26-29(25(21)31-23)20-9-5-4-6-10-20/h4-11,16H,12-15H2,1-3H3. The van der Waals surface area contributed by atoms with Crippen LogP contribution in [0.5, 0.6) is 0 Å². The zero-order valence-corrected chi connectivity index (χ0v) is 18.9. The lowest BCUT2D eigenvalue weighted by atomic mass is 10.1. The van der Waals surface area contributed by atoms with E-state index in [9.17, 15) is 4.79 Å². The normalized spacial score (nSPS) is 14.4. The van der Waals surface area contributed by atoms with Gasteiger partial charge in [-0.2, -0.15) is 5.10 Å². The van der Waals surface area contributed by atoms with Crippen molar-refractivity contribution in [2.45, 2.75) is 20.8 Å². The van der Waals surface area contributed by atoms with Gasteiger partial charge in [0.15, 0.2) is 0 Å². The van der Waals surface area contributed by atoms with Gasteiger partial charge in [-0.05, 0) is 56.2 Å². The molecule has 0 bridgehead atoms. The lowest BCUT2D eigenvalue weighted by Gasteiger charge is -2.36. The highest BCUT2D eigenvalue weighted by Gasteiger charge is 2.25. The molecule has 5 nitrogen and oxygen atoms in total. The quantitative estimate of drug-likeness (QED) is 0.461. The smallest absolute Gasteiger partial charge is 0.264 e. The molecule has 158 valence electrons. The first kappa shape index (κ1) is 19.8. The van der Waals surface area contributed by atoms with Crippen LogP contribution in [-0.2, 0) is 0 Å². The fraction of sp³-hybridized carbons (Fsp3) is 0.280. The van der Waals surface area contributed by atoms with Gasteiger partial charge in [-0.1, -0.05) is 30.3 Å². The Bertz CT molecular complexity index is 1250. The molecule has 1 amide bonds. The van der Waals surface area contributed by atoms with Gasteiger partial charge in [0.1, 0.15) is 4.83 Å². The summed E-state index contributed by atoms with van der Waals surface area (Å²) < 4.78 is 1.95. The van der Waals surface area contributed by atoms with Gasteiger partial charge in [0.2, 0.25) is 0 Å². The predicted molar refractivity (Wildman–Crippen MR) is 128 cm³/mol. The number of rotatable bonds is 3. The number of hydrogen-bond acceptors (Lipinski definition) is 4.